The molecule has 0 fully saturated rings. The Morgan fingerprint density at radius 3 is 2.42 bits per heavy atom. The summed E-state index contributed by atoms with van der Waals surface area (Å²) in [5, 5.41) is 8.17. The molecule has 3 aromatic carbocycles. The number of amides is 1. The van der Waals surface area contributed by atoms with Crippen LogP contribution in [0.25, 0.3) is 26.5 Å². The van der Waals surface area contributed by atoms with Gasteiger partial charge in [-0.3, -0.25) is 4.79 Å². The van der Waals surface area contributed by atoms with E-state index in [4.69, 9.17) is 10.7 Å². The lowest BCUT2D eigenvalue weighted by molar-refractivity contribution is 0.102. The van der Waals surface area contributed by atoms with Crippen LogP contribution < -0.4 is 11.1 Å². The minimum atomic E-state index is -0.335. The van der Waals surface area contributed by atoms with Crippen LogP contribution in [0.4, 0.5) is 11.5 Å². The Labute approximate surface area is 183 Å². The van der Waals surface area contributed by atoms with Crippen molar-refractivity contribution in [2.45, 2.75) is 6.92 Å². The van der Waals surface area contributed by atoms with Gasteiger partial charge < -0.3 is 11.1 Å². The molecular formula is C24H19N5OS. The molecule has 5 aromatic rings. The quantitative estimate of drug-likeness (QED) is 0.410. The van der Waals surface area contributed by atoms with E-state index in [2.05, 4.69) is 10.4 Å². The van der Waals surface area contributed by atoms with Crippen molar-refractivity contribution < 1.29 is 4.79 Å². The molecule has 31 heavy (non-hydrogen) atoms. The number of aryl methyl sites for hydroxylation is 1. The van der Waals surface area contributed by atoms with Gasteiger partial charge in [0.2, 0.25) is 0 Å². The van der Waals surface area contributed by atoms with Crippen LogP contribution in [0.3, 0.4) is 0 Å². The highest BCUT2D eigenvalue weighted by molar-refractivity contribution is 7.21. The number of hydrogen-bond acceptors (Lipinski definition) is 5. The average molecular weight is 426 g/mol. The highest BCUT2D eigenvalue weighted by atomic mass is 32.1. The Morgan fingerprint density at radius 1 is 0.968 bits per heavy atom. The second-order valence-electron chi connectivity index (χ2n) is 7.16. The summed E-state index contributed by atoms with van der Waals surface area (Å²) in [7, 11) is 0. The van der Waals surface area contributed by atoms with Gasteiger partial charge in [0.1, 0.15) is 10.8 Å². The van der Waals surface area contributed by atoms with E-state index in [0.717, 1.165) is 21.5 Å². The van der Waals surface area contributed by atoms with E-state index in [1.165, 1.54) is 11.3 Å². The molecule has 2 heterocycles. The number of fused-ring (bicyclic) bond motifs is 1. The first-order valence-electron chi connectivity index (χ1n) is 9.78. The minimum Gasteiger partial charge on any atom is -0.383 e. The molecule has 0 aliphatic heterocycles. The van der Waals surface area contributed by atoms with Gasteiger partial charge in [0, 0.05) is 5.69 Å². The summed E-state index contributed by atoms with van der Waals surface area (Å²) in [5.74, 6) is 0.0409. The molecular weight excluding hydrogens is 406 g/mol. The smallest absolute Gasteiger partial charge is 0.277 e. The Morgan fingerprint density at radius 2 is 1.68 bits per heavy atom. The molecule has 0 aliphatic rings. The largest absolute Gasteiger partial charge is 0.383 e. The second-order valence-corrected chi connectivity index (χ2v) is 8.19. The number of nitrogens with two attached hydrogens (primary N) is 1. The van der Waals surface area contributed by atoms with Crippen molar-refractivity contribution in [3.05, 3.63) is 90.1 Å². The lowest BCUT2D eigenvalue weighted by atomic mass is 10.2. The van der Waals surface area contributed by atoms with Crippen molar-refractivity contribution in [2.75, 3.05) is 11.1 Å². The summed E-state index contributed by atoms with van der Waals surface area (Å²) in [4.78, 5) is 17.9. The van der Waals surface area contributed by atoms with Crippen molar-refractivity contribution in [2.24, 2.45) is 0 Å². The summed E-state index contributed by atoms with van der Waals surface area (Å²) in [6.45, 7) is 2.02. The molecule has 152 valence electrons. The van der Waals surface area contributed by atoms with E-state index in [9.17, 15) is 4.79 Å². The van der Waals surface area contributed by atoms with Gasteiger partial charge >= 0.3 is 0 Å². The van der Waals surface area contributed by atoms with Crippen LogP contribution >= 0.6 is 11.3 Å². The van der Waals surface area contributed by atoms with Gasteiger partial charge in [0.15, 0.2) is 5.69 Å². The van der Waals surface area contributed by atoms with E-state index in [-0.39, 0.29) is 11.6 Å². The lowest BCUT2D eigenvalue weighted by Gasteiger charge is -2.04. The number of nitrogens with one attached hydrogen (secondary N) is 1. The Balaban J connectivity index is 1.66. The molecule has 0 aliphatic carbocycles. The van der Waals surface area contributed by atoms with Gasteiger partial charge in [-0.25, -0.2) is 9.67 Å². The van der Waals surface area contributed by atoms with Gasteiger partial charge in [-0.15, -0.1) is 11.3 Å². The second kappa shape index (κ2) is 7.70. The number of rotatable bonds is 4. The third kappa shape index (κ3) is 3.55. The molecule has 3 N–H and O–H groups in total. The number of para-hydroxylation sites is 2. The van der Waals surface area contributed by atoms with Crippen LogP contribution in [0.1, 0.15) is 16.1 Å². The molecule has 0 bridgehead atoms. The maximum absolute atomic E-state index is 13.2. The normalized spacial score (nSPS) is 11.0. The molecule has 5 rings (SSSR count). The van der Waals surface area contributed by atoms with Gasteiger partial charge in [-0.2, -0.15) is 5.10 Å². The molecule has 1 amide bonds. The summed E-state index contributed by atoms with van der Waals surface area (Å²) in [6, 6.07) is 25.0. The highest BCUT2D eigenvalue weighted by Crippen LogP contribution is 2.37. The van der Waals surface area contributed by atoms with Crippen LogP contribution in [0.2, 0.25) is 0 Å². The molecule has 7 heteroatoms. The number of thiazole rings is 1. The van der Waals surface area contributed by atoms with Crippen LogP contribution in [-0.4, -0.2) is 20.7 Å². The Hall–Kier alpha value is -3.97. The lowest BCUT2D eigenvalue weighted by Crippen LogP contribution is -2.14. The third-order valence-corrected chi connectivity index (χ3v) is 6.01. The van der Waals surface area contributed by atoms with Gasteiger partial charge in [-0.05, 0) is 43.3 Å². The molecule has 0 atom stereocenters. The molecule has 0 radical (unpaired) electrons. The predicted octanol–water partition coefficient (Wildman–Crippen LogP) is 5.29. The minimum absolute atomic E-state index is 0.237. The fraction of sp³-hybridized carbons (Fsp3) is 0.0417. The topological polar surface area (TPSA) is 85.8 Å². The first-order chi connectivity index (χ1) is 15.1. The number of carbonyl (C=O) groups excluding carboxylic acids is 1. The van der Waals surface area contributed by atoms with Crippen LogP contribution in [0, 0.1) is 6.92 Å². The molecule has 0 unspecified atom stereocenters. The number of nitrogens with zero attached hydrogens (tertiary/aromatic N) is 3. The van der Waals surface area contributed by atoms with Crippen molar-refractivity contribution >= 4 is 39.0 Å². The average Bonchev–Trinajstić information content (AvgIpc) is 3.36. The van der Waals surface area contributed by atoms with Crippen molar-refractivity contribution in [3.8, 4) is 16.3 Å². The van der Waals surface area contributed by atoms with E-state index in [0.29, 0.717) is 22.1 Å². The number of hydrogen-bond donors (Lipinski definition) is 2. The number of carbonyl (C=O) groups is 1. The first-order valence-corrected chi connectivity index (χ1v) is 10.6. The molecule has 0 spiro atoms. The van der Waals surface area contributed by atoms with Gasteiger partial charge in [0.25, 0.3) is 5.91 Å². The van der Waals surface area contributed by atoms with Crippen molar-refractivity contribution in [3.63, 3.8) is 0 Å². The fourth-order valence-electron chi connectivity index (χ4n) is 3.37. The predicted molar refractivity (Wildman–Crippen MR) is 126 cm³/mol. The zero-order chi connectivity index (χ0) is 21.4. The summed E-state index contributed by atoms with van der Waals surface area (Å²) < 4.78 is 2.62. The standard InChI is InChI=1S/C24H19N5OS/c1-15-11-13-17(14-12-15)29-22(25)20(24-27-18-9-5-6-10-19(18)31-24)21(28-29)23(30)26-16-7-3-2-4-8-16/h2-14H,25H2,1H3,(H,26,30). The maximum Gasteiger partial charge on any atom is 0.277 e. The monoisotopic (exact) mass is 425 g/mol. The summed E-state index contributed by atoms with van der Waals surface area (Å²) in [5.41, 5.74) is 10.8. The van der Waals surface area contributed by atoms with Gasteiger partial charge in [-0.1, -0.05) is 48.0 Å². The molecule has 6 nitrogen and oxygen atoms in total. The first kappa shape index (κ1) is 19.0. The summed E-state index contributed by atoms with van der Waals surface area (Å²) in [6.07, 6.45) is 0. The van der Waals surface area contributed by atoms with E-state index < -0.39 is 0 Å². The zero-order valence-corrected chi connectivity index (χ0v) is 17.6. The number of anilines is 2. The van der Waals surface area contributed by atoms with Crippen LogP contribution in [0.5, 0.6) is 0 Å². The van der Waals surface area contributed by atoms with Crippen molar-refractivity contribution in [1.29, 1.82) is 0 Å². The SMILES string of the molecule is Cc1ccc(-n2nc(C(=O)Nc3ccccc3)c(-c3nc4ccccc4s3)c2N)cc1. The molecule has 0 saturated carbocycles. The van der Waals surface area contributed by atoms with Crippen molar-refractivity contribution in [1.82, 2.24) is 14.8 Å². The maximum atomic E-state index is 13.2. The number of benzene rings is 3. The van der Waals surface area contributed by atoms with E-state index in [1.54, 1.807) is 4.68 Å². The molecule has 2 aromatic heterocycles. The Kier molecular flexibility index (Phi) is 4.72. The van der Waals surface area contributed by atoms with Crippen LogP contribution in [-0.2, 0) is 0 Å². The zero-order valence-electron chi connectivity index (χ0n) is 16.7. The van der Waals surface area contributed by atoms with E-state index in [1.807, 2.05) is 85.8 Å². The van der Waals surface area contributed by atoms with E-state index >= 15 is 0 Å². The summed E-state index contributed by atoms with van der Waals surface area (Å²) >= 11 is 1.49. The van der Waals surface area contributed by atoms with Gasteiger partial charge in [0.05, 0.1) is 21.5 Å². The fourth-order valence-corrected chi connectivity index (χ4v) is 4.40. The van der Waals surface area contributed by atoms with Crippen LogP contribution in [0.15, 0.2) is 78.9 Å². The molecule has 0 saturated heterocycles. The number of aromatic nitrogens is 3. The highest BCUT2D eigenvalue weighted by Gasteiger charge is 2.26. The Bertz CT molecular complexity index is 1350. The number of nitrogen functional groups attached to an aromatic ring is 1. The third-order valence-electron chi connectivity index (χ3n) is 4.95.